The Morgan fingerprint density at radius 3 is 2.68 bits per heavy atom. The van der Waals surface area contributed by atoms with Gasteiger partial charge in [0.25, 0.3) is 0 Å². The molecule has 1 atom stereocenters. The zero-order chi connectivity index (χ0) is 27.3. The Morgan fingerprint density at radius 1 is 1.21 bits per heavy atom. The fourth-order valence-electron chi connectivity index (χ4n) is 4.70. The van der Waals surface area contributed by atoms with Gasteiger partial charge in [0.15, 0.2) is 0 Å². The van der Waals surface area contributed by atoms with Gasteiger partial charge in [-0.1, -0.05) is 12.1 Å². The van der Waals surface area contributed by atoms with Crippen LogP contribution in [-0.2, 0) is 19.4 Å². The molecule has 0 bridgehead atoms. The molecule has 1 fully saturated rings. The first kappa shape index (κ1) is 27.4. The smallest absolute Gasteiger partial charge is 0.304 e. The van der Waals surface area contributed by atoms with Crippen LogP contribution in [0.4, 0.5) is 0 Å². The van der Waals surface area contributed by atoms with Crippen molar-refractivity contribution in [3.8, 4) is 22.9 Å². The maximum absolute atomic E-state index is 11.3. The van der Waals surface area contributed by atoms with Gasteiger partial charge in [0.1, 0.15) is 21.3 Å². The number of pyridine rings is 1. The van der Waals surface area contributed by atoms with Crippen LogP contribution in [0.15, 0.2) is 65.7 Å². The summed E-state index contributed by atoms with van der Waals surface area (Å²) >= 11 is 0. The lowest BCUT2D eigenvalue weighted by molar-refractivity contribution is -0.137. The maximum Gasteiger partial charge on any atom is 0.304 e. The number of carbonyl (C=O) groups is 1. The average Bonchev–Trinajstić information content (AvgIpc) is 3.23. The first-order valence-electron chi connectivity index (χ1n) is 12.6. The van der Waals surface area contributed by atoms with Crippen molar-refractivity contribution in [1.82, 2.24) is 4.98 Å². The van der Waals surface area contributed by atoms with Crippen molar-refractivity contribution in [2.45, 2.75) is 39.5 Å². The molecule has 0 radical (unpaired) electrons. The lowest BCUT2D eigenvalue weighted by Crippen LogP contribution is -2.09. The van der Waals surface area contributed by atoms with Crippen LogP contribution in [0.25, 0.3) is 11.3 Å². The summed E-state index contributed by atoms with van der Waals surface area (Å²) in [4.78, 5) is 15.8. The molecule has 0 saturated carbocycles. The number of hydrogen-bond acceptors (Lipinski definition) is 7. The van der Waals surface area contributed by atoms with Crippen LogP contribution >= 0.6 is 0 Å². The summed E-state index contributed by atoms with van der Waals surface area (Å²) in [5.74, 6) is 1.16. The number of aryl methyl sites for hydroxylation is 2. The van der Waals surface area contributed by atoms with Crippen molar-refractivity contribution in [1.29, 1.82) is 0 Å². The number of unbranched alkanes of at least 4 members (excludes halogenated alkanes) is 1. The van der Waals surface area contributed by atoms with Crippen LogP contribution in [0.1, 0.15) is 36.8 Å². The molecule has 2 aliphatic rings. The van der Waals surface area contributed by atoms with Gasteiger partial charge < -0.3 is 19.3 Å². The molecular formula is C29H33NO7S. The van der Waals surface area contributed by atoms with Crippen LogP contribution in [0.5, 0.6) is 11.6 Å². The van der Waals surface area contributed by atoms with Crippen molar-refractivity contribution < 1.29 is 32.5 Å². The van der Waals surface area contributed by atoms with Gasteiger partial charge in [0.2, 0.25) is 5.88 Å². The normalized spacial score (nSPS) is 17.9. The minimum atomic E-state index is -2.95. The van der Waals surface area contributed by atoms with E-state index < -0.39 is 15.8 Å². The lowest BCUT2D eigenvalue weighted by Gasteiger charge is -2.14. The average molecular weight is 540 g/mol. The quantitative estimate of drug-likeness (QED) is 0.308. The molecule has 202 valence electrons. The monoisotopic (exact) mass is 539 g/mol. The molecule has 1 unspecified atom stereocenters. The second-order valence-electron chi connectivity index (χ2n) is 9.77. The molecule has 2 heterocycles. The van der Waals surface area contributed by atoms with Gasteiger partial charge in [-0.15, -0.1) is 0 Å². The van der Waals surface area contributed by atoms with E-state index in [9.17, 15) is 13.2 Å². The second-order valence-corrected chi connectivity index (χ2v) is 12.0. The van der Waals surface area contributed by atoms with Gasteiger partial charge in [0.05, 0.1) is 37.3 Å². The predicted octanol–water partition coefficient (Wildman–Crippen LogP) is 5.17. The highest BCUT2D eigenvalue weighted by atomic mass is 32.2. The zero-order valence-corrected chi connectivity index (χ0v) is 22.7. The Bertz CT molecular complexity index is 1380. The molecule has 2 aromatic rings. The molecule has 1 aromatic carbocycles. The Morgan fingerprint density at radius 2 is 1.97 bits per heavy atom. The van der Waals surface area contributed by atoms with E-state index in [0.717, 1.165) is 39.3 Å². The third-order valence-corrected chi connectivity index (χ3v) is 7.48. The van der Waals surface area contributed by atoms with E-state index in [1.54, 1.807) is 12.3 Å². The maximum atomic E-state index is 11.3. The summed E-state index contributed by atoms with van der Waals surface area (Å²) in [7, 11) is -2.95. The van der Waals surface area contributed by atoms with Gasteiger partial charge in [-0.2, -0.15) is 0 Å². The number of benzene rings is 1. The van der Waals surface area contributed by atoms with Gasteiger partial charge in [-0.3, -0.25) is 4.79 Å². The molecule has 1 aromatic heterocycles. The van der Waals surface area contributed by atoms with Crippen molar-refractivity contribution >= 4 is 15.8 Å². The standard InChI is InChI=1S/C29H33NO7S/c1-19-13-23(35-11-4-5-12-38(3,33)34)14-20(2)29(19)25-7-6-8-27(30-25)37-17-21-9-10-24-22(16-28(31)32)18-36-26(24)15-21/h6-8,10,13-15,17,22H,4-5,9,11-12,16,18H2,1-3H3,(H,31,32). The van der Waals surface area contributed by atoms with Gasteiger partial charge in [0, 0.05) is 23.8 Å². The molecule has 1 N–H and O–H groups in total. The summed E-state index contributed by atoms with van der Waals surface area (Å²) in [6.07, 6.45) is 8.75. The number of rotatable bonds is 11. The summed E-state index contributed by atoms with van der Waals surface area (Å²) in [5, 5.41) is 9.09. The van der Waals surface area contributed by atoms with E-state index in [1.165, 1.54) is 6.26 Å². The molecule has 1 aliphatic heterocycles. The van der Waals surface area contributed by atoms with Crippen LogP contribution in [0.3, 0.4) is 0 Å². The summed E-state index contributed by atoms with van der Waals surface area (Å²) < 4.78 is 40.0. The Labute approximate surface area is 223 Å². The molecule has 1 saturated heterocycles. The van der Waals surface area contributed by atoms with E-state index in [1.807, 2.05) is 50.3 Å². The SMILES string of the molecule is Cc1cc(OCCCCS(C)(=O)=O)cc(C)c1-c1cccc(OC=C2C=C3OCC(CC(=O)O)C3=CC2)n1. The molecule has 0 amide bonds. The number of hydrogen-bond donors (Lipinski definition) is 1. The van der Waals surface area contributed by atoms with E-state index in [-0.39, 0.29) is 18.1 Å². The number of allylic oxidation sites excluding steroid dienone is 4. The summed E-state index contributed by atoms with van der Waals surface area (Å²) in [5.41, 5.74) is 5.69. The second kappa shape index (κ2) is 11.9. The molecular weight excluding hydrogens is 506 g/mol. The highest BCUT2D eigenvalue weighted by Crippen LogP contribution is 2.37. The minimum absolute atomic E-state index is 0.0623. The summed E-state index contributed by atoms with van der Waals surface area (Å²) in [6.45, 7) is 4.86. The van der Waals surface area contributed by atoms with Crippen molar-refractivity contribution in [2.75, 3.05) is 25.2 Å². The minimum Gasteiger partial charge on any atom is -0.494 e. The molecule has 9 heteroatoms. The third kappa shape index (κ3) is 7.25. The number of nitrogens with zero attached hydrogens (tertiary/aromatic N) is 1. The van der Waals surface area contributed by atoms with Crippen molar-refractivity contribution in [3.05, 3.63) is 76.8 Å². The van der Waals surface area contributed by atoms with Crippen LogP contribution in [-0.4, -0.2) is 49.7 Å². The molecule has 8 nitrogen and oxygen atoms in total. The number of sulfone groups is 1. The Balaban J connectivity index is 1.40. The predicted molar refractivity (Wildman–Crippen MR) is 145 cm³/mol. The zero-order valence-electron chi connectivity index (χ0n) is 21.9. The molecule has 1 aliphatic carbocycles. The fraction of sp³-hybridized carbons (Fsp3) is 0.379. The van der Waals surface area contributed by atoms with Crippen LogP contribution < -0.4 is 9.47 Å². The number of fused-ring (bicyclic) bond motifs is 1. The number of ether oxygens (including phenoxy) is 3. The van der Waals surface area contributed by atoms with E-state index in [2.05, 4.69) is 0 Å². The van der Waals surface area contributed by atoms with E-state index in [0.29, 0.717) is 44.1 Å². The molecule has 0 spiro atoms. The first-order chi connectivity index (χ1) is 18.1. The lowest BCUT2D eigenvalue weighted by atomic mass is 9.92. The first-order valence-corrected chi connectivity index (χ1v) is 14.7. The number of carboxylic acid groups (broad SMARTS) is 1. The Hall–Kier alpha value is -3.59. The third-order valence-electron chi connectivity index (χ3n) is 6.45. The van der Waals surface area contributed by atoms with E-state index in [4.69, 9.17) is 24.3 Å². The molecule has 38 heavy (non-hydrogen) atoms. The number of aliphatic carboxylic acids is 1. The van der Waals surface area contributed by atoms with Crippen molar-refractivity contribution in [2.24, 2.45) is 5.92 Å². The van der Waals surface area contributed by atoms with Crippen LogP contribution in [0.2, 0.25) is 0 Å². The van der Waals surface area contributed by atoms with Crippen LogP contribution in [0, 0.1) is 19.8 Å². The van der Waals surface area contributed by atoms with E-state index >= 15 is 0 Å². The van der Waals surface area contributed by atoms with Gasteiger partial charge in [-0.25, -0.2) is 13.4 Å². The highest BCUT2D eigenvalue weighted by molar-refractivity contribution is 7.90. The molecule has 4 rings (SSSR count). The largest absolute Gasteiger partial charge is 0.494 e. The topological polar surface area (TPSA) is 112 Å². The fourth-order valence-corrected chi connectivity index (χ4v) is 5.43. The van der Waals surface area contributed by atoms with Gasteiger partial charge >= 0.3 is 5.97 Å². The number of carboxylic acids is 1. The highest BCUT2D eigenvalue weighted by Gasteiger charge is 2.30. The van der Waals surface area contributed by atoms with Crippen molar-refractivity contribution in [3.63, 3.8) is 0 Å². The van der Waals surface area contributed by atoms with Gasteiger partial charge in [-0.05, 0) is 79.7 Å². The number of aromatic nitrogens is 1. The Kier molecular flexibility index (Phi) is 8.56. The summed E-state index contributed by atoms with van der Waals surface area (Å²) in [6, 6.07) is 9.56.